The number of hydrogen-bond donors (Lipinski definition) is 1. The van der Waals surface area contributed by atoms with Crippen molar-refractivity contribution in [2.24, 2.45) is 0 Å². The van der Waals surface area contributed by atoms with Crippen LogP contribution < -0.4 is 5.32 Å². The lowest BCUT2D eigenvalue weighted by Gasteiger charge is -2.17. The summed E-state index contributed by atoms with van der Waals surface area (Å²) in [5, 5.41) is 2.83. The number of carbonyl (C=O) groups excluding carboxylic acids is 2. The van der Waals surface area contributed by atoms with Crippen molar-refractivity contribution in [2.45, 2.75) is 12.5 Å². The van der Waals surface area contributed by atoms with Crippen LogP contribution in [0.1, 0.15) is 15.9 Å². The van der Waals surface area contributed by atoms with Crippen LogP contribution in [0.3, 0.4) is 0 Å². The van der Waals surface area contributed by atoms with Crippen LogP contribution in [0.25, 0.3) is 0 Å². The molecule has 0 aliphatic carbocycles. The van der Waals surface area contributed by atoms with Crippen molar-refractivity contribution in [3.05, 3.63) is 70.2 Å². The van der Waals surface area contributed by atoms with Gasteiger partial charge in [0.05, 0.1) is 12.7 Å². The van der Waals surface area contributed by atoms with Gasteiger partial charge in [0.15, 0.2) is 11.6 Å². The fourth-order valence-corrected chi connectivity index (χ4v) is 2.36. The number of ether oxygens (including phenoxy) is 1. The summed E-state index contributed by atoms with van der Waals surface area (Å²) >= 11 is 5.89. The number of rotatable bonds is 5. The third-order valence-corrected chi connectivity index (χ3v) is 3.55. The molecule has 2 aromatic carbocycles. The standard InChI is InChI=1S/C17H14ClF2NO3/c1-24-17(23)14(9-10-4-2-5-11(18)8-10)21-16(22)12-6-3-7-13(19)15(12)20/h2-8,14H,9H2,1H3,(H,21,22)/t14-/m0/s1. The Balaban J connectivity index is 2.21. The molecule has 0 saturated carbocycles. The van der Waals surface area contributed by atoms with Crippen molar-refractivity contribution in [1.82, 2.24) is 5.32 Å². The van der Waals surface area contributed by atoms with Gasteiger partial charge in [0.25, 0.3) is 5.91 Å². The van der Waals surface area contributed by atoms with Gasteiger partial charge >= 0.3 is 5.97 Å². The Bertz CT molecular complexity index is 767. The van der Waals surface area contributed by atoms with E-state index in [1.165, 1.54) is 13.2 Å². The van der Waals surface area contributed by atoms with E-state index in [2.05, 4.69) is 10.1 Å². The number of hydrogen-bond acceptors (Lipinski definition) is 3. The molecule has 0 bridgehead atoms. The topological polar surface area (TPSA) is 55.4 Å². The van der Waals surface area contributed by atoms with Gasteiger partial charge in [-0.2, -0.15) is 0 Å². The molecule has 1 atom stereocenters. The first-order valence-corrected chi connectivity index (χ1v) is 7.37. The molecule has 2 rings (SSSR count). The molecule has 0 aliphatic heterocycles. The Kier molecular flexibility index (Phi) is 5.87. The molecule has 0 unspecified atom stereocenters. The number of benzene rings is 2. The molecule has 7 heteroatoms. The second-order valence-corrected chi connectivity index (χ2v) is 5.42. The Hall–Kier alpha value is -2.47. The summed E-state index contributed by atoms with van der Waals surface area (Å²) in [7, 11) is 1.17. The lowest BCUT2D eigenvalue weighted by Crippen LogP contribution is -2.43. The minimum atomic E-state index is -1.28. The van der Waals surface area contributed by atoms with Crippen molar-refractivity contribution >= 4 is 23.5 Å². The number of nitrogens with one attached hydrogen (secondary N) is 1. The van der Waals surface area contributed by atoms with Crippen LogP contribution >= 0.6 is 11.6 Å². The molecule has 0 saturated heterocycles. The van der Waals surface area contributed by atoms with Crippen molar-refractivity contribution in [1.29, 1.82) is 0 Å². The van der Waals surface area contributed by atoms with Gasteiger partial charge in [-0.05, 0) is 29.8 Å². The second kappa shape index (κ2) is 7.88. The van der Waals surface area contributed by atoms with E-state index < -0.39 is 35.1 Å². The van der Waals surface area contributed by atoms with Gasteiger partial charge in [0.2, 0.25) is 0 Å². The lowest BCUT2D eigenvalue weighted by atomic mass is 10.1. The van der Waals surface area contributed by atoms with Gasteiger partial charge in [0.1, 0.15) is 6.04 Å². The summed E-state index contributed by atoms with van der Waals surface area (Å²) in [6.07, 6.45) is 0.0932. The van der Waals surface area contributed by atoms with Crippen LogP contribution in [0.4, 0.5) is 8.78 Å². The van der Waals surface area contributed by atoms with Crippen LogP contribution in [-0.2, 0) is 16.0 Å². The molecule has 1 N–H and O–H groups in total. The van der Waals surface area contributed by atoms with Crippen molar-refractivity contribution < 1.29 is 23.1 Å². The Labute approximate surface area is 142 Å². The molecule has 0 radical (unpaired) electrons. The van der Waals surface area contributed by atoms with Crippen molar-refractivity contribution in [3.8, 4) is 0 Å². The molecule has 24 heavy (non-hydrogen) atoms. The monoisotopic (exact) mass is 353 g/mol. The molecular weight excluding hydrogens is 340 g/mol. The highest BCUT2D eigenvalue weighted by molar-refractivity contribution is 6.30. The molecule has 126 valence electrons. The van der Waals surface area contributed by atoms with Crippen LogP contribution in [0, 0.1) is 11.6 Å². The van der Waals surface area contributed by atoms with Crippen molar-refractivity contribution in [2.75, 3.05) is 7.11 Å². The van der Waals surface area contributed by atoms with E-state index in [0.717, 1.165) is 12.1 Å². The highest BCUT2D eigenvalue weighted by Gasteiger charge is 2.24. The van der Waals surface area contributed by atoms with Crippen LogP contribution in [-0.4, -0.2) is 25.0 Å². The quantitative estimate of drug-likeness (QED) is 0.840. The maximum atomic E-state index is 13.7. The summed E-state index contributed by atoms with van der Waals surface area (Å²) in [6, 6.07) is 8.88. The molecule has 0 spiro atoms. The Morgan fingerprint density at radius 3 is 2.58 bits per heavy atom. The maximum absolute atomic E-state index is 13.7. The third-order valence-electron chi connectivity index (χ3n) is 3.32. The van der Waals surface area contributed by atoms with Gasteiger partial charge in [-0.1, -0.05) is 29.8 Å². The molecular formula is C17H14ClF2NO3. The fraction of sp³-hybridized carbons (Fsp3) is 0.176. The van der Waals surface area contributed by atoms with E-state index in [1.807, 2.05) is 0 Å². The SMILES string of the molecule is COC(=O)[C@H](Cc1cccc(Cl)c1)NC(=O)c1cccc(F)c1F. The predicted molar refractivity (Wildman–Crippen MR) is 84.8 cm³/mol. The van der Waals surface area contributed by atoms with Gasteiger partial charge in [-0.3, -0.25) is 4.79 Å². The summed E-state index contributed by atoms with van der Waals surface area (Å²) in [6.45, 7) is 0. The zero-order valence-corrected chi connectivity index (χ0v) is 13.4. The number of halogens is 3. The highest BCUT2D eigenvalue weighted by Crippen LogP contribution is 2.14. The minimum absolute atomic E-state index is 0.0932. The number of esters is 1. The van der Waals surface area contributed by atoms with Crippen LogP contribution in [0.5, 0.6) is 0 Å². The molecule has 4 nitrogen and oxygen atoms in total. The molecule has 0 aromatic heterocycles. The summed E-state index contributed by atoms with van der Waals surface area (Å²) < 4.78 is 31.6. The van der Waals surface area contributed by atoms with Gasteiger partial charge < -0.3 is 10.1 Å². The minimum Gasteiger partial charge on any atom is -0.467 e. The third kappa shape index (κ3) is 4.29. The zero-order chi connectivity index (χ0) is 17.7. The first-order valence-electron chi connectivity index (χ1n) is 6.99. The maximum Gasteiger partial charge on any atom is 0.328 e. The van der Waals surface area contributed by atoms with E-state index in [0.29, 0.717) is 10.6 Å². The fourth-order valence-electron chi connectivity index (χ4n) is 2.15. The van der Waals surface area contributed by atoms with E-state index in [-0.39, 0.29) is 6.42 Å². The van der Waals surface area contributed by atoms with Gasteiger partial charge in [-0.25, -0.2) is 13.6 Å². The van der Waals surface area contributed by atoms with E-state index >= 15 is 0 Å². The lowest BCUT2D eigenvalue weighted by molar-refractivity contribution is -0.142. The summed E-state index contributed by atoms with van der Waals surface area (Å²) in [4.78, 5) is 24.0. The van der Waals surface area contributed by atoms with E-state index in [9.17, 15) is 18.4 Å². The number of carbonyl (C=O) groups is 2. The molecule has 2 aromatic rings. The smallest absolute Gasteiger partial charge is 0.328 e. The first-order chi connectivity index (χ1) is 11.4. The molecule has 0 aliphatic rings. The number of methoxy groups -OCH3 is 1. The average molecular weight is 354 g/mol. The van der Waals surface area contributed by atoms with E-state index in [1.54, 1.807) is 24.3 Å². The summed E-state index contributed by atoms with van der Waals surface area (Å²) in [5.74, 6) is -4.04. The molecule has 1 amide bonds. The Morgan fingerprint density at radius 1 is 1.21 bits per heavy atom. The normalized spacial score (nSPS) is 11.7. The molecule has 0 fully saturated rings. The zero-order valence-electron chi connectivity index (χ0n) is 12.7. The second-order valence-electron chi connectivity index (χ2n) is 4.98. The largest absolute Gasteiger partial charge is 0.467 e. The number of amides is 1. The first kappa shape index (κ1) is 17.9. The summed E-state index contributed by atoms with van der Waals surface area (Å²) in [5.41, 5.74) is 0.188. The predicted octanol–water partition coefficient (Wildman–Crippen LogP) is 3.13. The molecule has 0 heterocycles. The van der Waals surface area contributed by atoms with Crippen LogP contribution in [0.2, 0.25) is 5.02 Å². The van der Waals surface area contributed by atoms with E-state index in [4.69, 9.17) is 11.6 Å². The van der Waals surface area contributed by atoms with Crippen molar-refractivity contribution in [3.63, 3.8) is 0 Å². The highest BCUT2D eigenvalue weighted by atomic mass is 35.5. The van der Waals surface area contributed by atoms with Gasteiger partial charge in [-0.15, -0.1) is 0 Å². The van der Waals surface area contributed by atoms with Crippen LogP contribution in [0.15, 0.2) is 42.5 Å². The van der Waals surface area contributed by atoms with Gasteiger partial charge in [0, 0.05) is 11.4 Å². The average Bonchev–Trinajstić information content (AvgIpc) is 2.56. The Morgan fingerprint density at radius 2 is 1.92 bits per heavy atom.